The van der Waals surface area contributed by atoms with E-state index in [1.165, 1.54) is 6.07 Å². The van der Waals surface area contributed by atoms with Gasteiger partial charge in [0.05, 0.1) is 11.1 Å². The molecule has 3 heteroatoms. The molecular formula is C8H8ClNO. The third kappa shape index (κ3) is 2.31. The molecule has 0 spiro atoms. The molecule has 0 aliphatic carbocycles. The molecule has 1 rings (SSSR count). The van der Waals surface area contributed by atoms with E-state index >= 15 is 0 Å². The fourth-order valence-electron chi connectivity index (χ4n) is 0.715. The first kappa shape index (κ1) is 8.21. The molecule has 1 unspecified atom stereocenters. The summed E-state index contributed by atoms with van der Waals surface area (Å²) >= 11 is 5.73. The molecule has 1 aromatic heterocycles. The molecule has 2 nitrogen and oxygen atoms in total. The van der Waals surface area contributed by atoms with Gasteiger partial charge in [0.25, 0.3) is 5.56 Å². The quantitative estimate of drug-likeness (QED) is 0.600. The number of hydrogen-bond acceptors (Lipinski definition) is 2. The van der Waals surface area contributed by atoms with Crippen LogP contribution in [0.25, 0.3) is 0 Å². The first-order valence-corrected chi connectivity index (χ1v) is 3.75. The topological polar surface area (TPSA) is 30.0 Å². The molecule has 0 N–H and O–H groups in total. The Balaban J connectivity index is 3.22. The van der Waals surface area contributed by atoms with E-state index in [4.69, 9.17) is 11.6 Å². The normalized spacial score (nSPS) is 12.5. The van der Waals surface area contributed by atoms with Crippen molar-refractivity contribution in [3.05, 3.63) is 40.3 Å². The van der Waals surface area contributed by atoms with Gasteiger partial charge in [-0.15, -0.1) is 11.6 Å². The predicted molar refractivity (Wildman–Crippen MR) is 44.8 cm³/mol. The molecular weight excluding hydrogens is 162 g/mol. The van der Waals surface area contributed by atoms with Crippen molar-refractivity contribution in [2.24, 2.45) is 0 Å². The molecule has 0 bridgehead atoms. The second-order valence-electron chi connectivity index (χ2n) is 2.21. The van der Waals surface area contributed by atoms with Crippen LogP contribution in [0.4, 0.5) is 0 Å². The molecule has 0 saturated carbocycles. The monoisotopic (exact) mass is 169 g/mol. The summed E-state index contributed by atoms with van der Waals surface area (Å²) in [5.41, 5.74) is 0.360. The summed E-state index contributed by atoms with van der Waals surface area (Å²) in [6, 6.07) is 6.54. The molecule has 0 saturated heterocycles. The summed E-state index contributed by atoms with van der Waals surface area (Å²) in [4.78, 5) is 14.6. The number of alkyl halides is 1. The van der Waals surface area contributed by atoms with Gasteiger partial charge < -0.3 is 0 Å². The van der Waals surface area contributed by atoms with Crippen molar-refractivity contribution in [2.75, 3.05) is 0 Å². The van der Waals surface area contributed by atoms with Crippen LogP contribution in [0.2, 0.25) is 0 Å². The Hall–Kier alpha value is -0.890. The van der Waals surface area contributed by atoms with Crippen LogP contribution in [0.5, 0.6) is 0 Å². The molecule has 0 amide bonds. The predicted octanol–water partition coefficient (Wildman–Crippen LogP) is 1.74. The van der Waals surface area contributed by atoms with Crippen molar-refractivity contribution in [3.8, 4) is 0 Å². The van der Waals surface area contributed by atoms with Crippen LogP contribution >= 0.6 is 11.6 Å². The molecule has 0 fully saturated rings. The van der Waals surface area contributed by atoms with Crippen LogP contribution in [0.15, 0.2) is 29.1 Å². The molecule has 0 radical (unpaired) electrons. The Kier molecular flexibility index (Phi) is 2.60. The van der Waals surface area contributed by atoms with Gasteiger partial charge in [0, 0.05) is 6.07 Å². The standard InChI is InChI=1S/C8H8ClNO/c1-6(9)7-4-2-3-5-8(11)10-7/h2-6H,1H3. The summed E-state index contributed by atoms with van der Waals surface area (Å²) in [6.45, 7) is 1.78. The van der Waals surface area contributed by atoms with Crippen LogP contribution in [0.1, 0.15) is 18.0 Å². The molecule has 1 heterocycles. The third-order valence-electron chi connectivity index (χ3n) is 1.26. The van der Waals surface area contributed by atoms with E-state index in [0.29, 0.717) is 5.69 Å². The van der Waals surface area contributed by atoms with Crippen molar-refractivity contribution in [2.45, 2.75) is 12.3 Å². The first-order valence-electron chi connectivity index (χ1n) is 3.31. The van der Waals surface area contributed by atoms with E-state index in [2.05, 4.69) is 4.98 Å². The highest BCUT2D eigenvalue weighted by Crippen LogP contribution is 2.13. The van der Waals surface area contributed by atoms with Crippen molar-refractivity contribution in [3.63, 3.8) is 0 Å². The summed E-state index contributed by atoms with van der Waals surface area (Å²) in [7, 11) is 0. The van der Waals surface area contributed by atoms with Crippen LogP contribution < -0.4 is 5.56 Å². The fraction of sp³-hybridized carbons (Fsp3) is 0.250. The van der Waals surface area contributed by atoms with E-state index < -0.39 is 0 Å². The fourth-order valence-corrected chi connectivity index (χ4v) is 0.837. The Morgan fingerprint density at radius 1 is 1.45 bits per heavy atom. The van der Waals surface area contributed by atoms with E-state index in [0.717, 1.165) is 0 Å². The van der Waals surface area contributed by atoms with Crippen molar-refractivity contribution >= 4 is 11.6 Å². The highest BCUT2D eigenvalue weighted by molar-refractivity contribution is 6.20. The van der Waals surface area contributed by atoms with Gasteiger partial charge in [-0.3, -0.25) is 4.79 Å². The second kappa shape index (κ2) is 3.49. The Morgan fingerprint density at radius 3 is 2.73 bits per heavy atom. The number of hydrogen-bond donors (Lipinski definition) is 0. The third-order valence-corrected chi connectivity index (χ3v) is 1.49. The highest BCUT2D eigenvalue weighted by atomic mass is 35.5. The summed E-state index contributed by atoms with van der Waals surface area (Å²) in [6.07, 6.45) is 0. The number of aromatic nitrogens is 1. The van der Waals surface area contributed by atoms with Gasteiger partial charge in [-0.2, -0.15) is 0 Å². The van der Waals surface area contributed by atoms with Gasteiger partial charge >= 0.3 is 0 Å². The van der Waals surface area contributed by atoms with Gasteiger partial charge in [0.2, 0.25) is 0 Å². The maximum Gasteiger partial charge on any atom is 0.269 e. The lowest BCUT2D eigenvalue weighted by atomic mass is 10.3. The first-order chi connectivity index (χ1) is 5.20. The zero-order valence-corrected chi connectivity index (χ0v) is 6.88. The minimum Gasteiger partial charge on any atom is -0.267 e. The summed E-state index contributed by atoms with van der Waals surface area (Å²) in [5, 5.41) is -0.213. The summed E-state index contributed by atoms with van der Waals surface area (Å²) in [5.74, 6) is 0. The van der Waals surface area contributed by atoms with Crippen molar-refractivity contribution in [1.82, 2.24) is 4.98 Å². The van der Waals surface area contributed by atoms with Gasteiger partial charge in [-0.05, 0) is 13.0 Å². The maximum absolute atomic E-state index is 10.8. The summed E-state index contributed by atoms with van der Waals surface area (Å²) < 4.78 is 0. The van der Waals surface area contributed by atoms with Gasteiger partial charge in [0.1, 0.15) is 0 Å². The van der Waals surface area contributed by atoms with Crippen molar-refractivity contribution in [1.29, 1.82) is 0 Å². The Bertz CT molecular complexity index is 298. The molecule has 1 aromatic rings. The SMILES string of the molecule is CC(Cl)c1ccccc(=O)n1. The minimum absolute atomic E-state index is 0.213. The average Bonchev–Trinajstić information content (AvgIpc) is 2.13. The zero-order chi connectivity index (χ0) is 8.27. The molecule has 58 valence electrons. The van der Waals surface area contributed by atoms with Gasteiger partial charge in [-0.1, -0.05) is 12.1 Å². The van der Waals surface area contributed by atoms with Crippen LogP contribution in [0, 0.1) is 0 Å². The number of halogens is 1. The van der Waals surface area contributed by atoms with E-state index in [1.807, 2.05) is 0 Å². The van der Waals surface area contributed by atoms with Gasteiger partial charge in [-0.25, -0.2) is 4.98 Å². The molecule has 1 atom stereocenters. The lowest BCUT2D eigenvalue weighted by Crippen LogP contribution is -2.02. The van der Waals surface area contributed by atoms with Crippen LogP contribution in [0.3, 0.4) is 0 Å². The Labute approximate surface area is 69.9 Å². The smallest absolute Gasteiger partial charge is 0.267 e. The number of nitrogens with zero attached hydrogens (tertiary/aromatic N) is 1. The second-order valence-corrected chi connectivity index (χ2v) is 2.86. The molecule has 11 heavy (non-hydrogen) atoms. The Morgan fingerprint density at radius 2 is 2.09 bits per heavy atom. The number of rotatable bonds is 1. The lowest BCUT2D eigenvalue weighted by Gasteiger charge is -1.94. The zero-order valence-electron chi connectivity index (χ0n) is 6.12. The van der Waals surface area contributed by atoms with E-state index in [1.54, 1.807) is 25.1 Å². The van der Waals surface area contributed by atoms with Crippen LogP contribution in [-0.2, 0) is 0 Å². The van der Waals surface area contributed by atoms with Gasteiger partial charge in [0.15, 0.2) is 0 Å². The van der Waals surface area contributed by atoms with Crippen LogP contribution in [-0.4, -0.2) is 4.98 Å². The minimum atomic E-state index is -0.252. The maximum atomic E-state index is 10.8. The lowest BCUT2D eigenvalue weighted by molar-refractivity contribution is 0.989. The van der Waals surface area contributed by atoms with Crippen molar-refractivity contribution < 1.29 is 0 Å². The largest absolute Gasteiger partial charge is 0.269 e. The highest BCUT2D eigenvalue weighted by Gasteiger charge is 1.99. The van der Waals surface area contributed by atoms with E-state index in [9.17, 15) is 4.79 Å². The molecule has 0 aliphatic rings. The molecule has 0 aliphatic heterocycles. The molecule has 0 aromatic carbocycles. The van der Waals surface area contributed by atoms with E-state index in [-0.39, 0.29) is 10.9 Å². The average molecular weight is 170 g/mol.